The first-order valence-corrected chi connectivity index (χ1v) is 5.27. The van der Waals surface area contributed by atoms with Gasteiger partial charge in [0, 0.05) is 22.7 Å². The summed E-state index contributed by atoms with van der Waals surface area (Å²) in [5.74, 6) is 0.495. The number of halogens is 1. The highest BCUT2D eigenvalue weighted by Gasteiger charge is 2.05. The highest BCUT2D eigenvalue weighted by atomic mass is 19.1. The lowest BCUT2D eigenvalue weighted by Crippen LogP contribution is -1.92. The van der Waals surface area contributed by atoms with Crippen LogP contribution in [0.15, 0.2) is 48.9 Å². The molecule has 0 fully saturated rings. The van der Waals surface area contributed by atoms with Crippen molar-refractivity contribution in [3.05, 3.63) is 54.7 Å². The number of imidazole rings is 1. The van der Waals surface area contributed by atoms with Gasteiger partial charge in [0.15, 0.2) is 0 Å². The summed E-state index contributed by atoms with van der Waals surface area (Å²) in [6.45, 7) is 0. The third-order valence-electron chi connectivity index (χ3n) is 2.63. The van der Waals surface area contributed by atoms with Crippen molar-refractivity contribution in [1.29, 1.82) is 0 Å². The highest BCUT2D eigenvalue weighted by molar-refractivity contribution is 5.95. The summed E-state index contributed by atoms with van der Waals surface area (Å²) >= 11 is 0. The number of H-pyrrole nitrogens is 1. The Morgan fingerprint density at radius 2 is 1.88 bits per heavy atom. The molecule has 0 saturated heterocycles. The predicted molar refractivity (Wildman–Crippen MR) is 65.8 cm³/mol. The number of benzene rings is 2. The third kappa shape index (κ3) is 1.73. The summed E-state index contributed by atoms with van der Waals surface area (Å²) in [6, 6.07) is 10.5. The van der Waals surface area contributed by atoms with E-state index >= 15 is 0 Å². The Morgan fingerprint density at radius 1 is 1.06 bits per heavy atom. The zero-order valence-corrected chi connectivity index (χ0v) is 8.94. The van der Waals surface area contributed by atoms with Crippen molar-refractivity contribution in [3.63, 3.8) is 0 Å². The van der Waals surface area contributed by atoms with Gasteiger partial charge in [-0.25, -0.2) is 9.37 Å². The van der Waals surface area contributed by atoms with Crippen LogP contribution < -0.4 is 5.32 Å². The fraction of sp³-hybridized carbons (Fsp3) is 0. The number of hydrogen-bond acceptors (Lipinski definition) is 2. The Balaban J connectivity index is 2.14. The zero-order chi connectivity index (χ0) is 11.7. The van der Waals surface area contributed by atoms with E-state index in [0.29, 0.717) is 11.2 Å². The van der Waals surface area contributed by atoms with Gasteiger partial charge in [0.1, 0.15) is 11.6 Å². The number of nitrogens with one attached hydrogen (secondary N) is 2. The van der Waals surface area contributed by atoms with E-state index < -0.39 is 0 Å². The van der Waals surface area contributed by atoms with Gasteiger partial charge in [0.2, 0.25) is 0 Å². The molecule has 0 bridgehead atoms. The smallest absolute Gasteiger partial charge is 0.148 e. The Hall–Kier alpha value is -2.36. The molecule has 2 aromatic carbocycles. The van der Waals surface area contributed by atoms with Gasteiger partial charge in [0.05, 0.1) is 6.33 Å². The summed E-state index contributed by atoms with van der Waals surface area (Å²) in [7, 11) is 0. The van der Waals surface area contributed by atoms with E-state index in [2.05, 4.69) is 15.3 Å². The lowest BCUT2D eigenvalue weighted by molar-refractivity contribution is 0.640. The first kappa shape index (κ1) is 9.84. The van der Waals surface area contributed by atoms with Gasteiger partial charge in [0.25, 0.3) is 0 Å². The van der Waals surface area contributed by atoms with Crippen LogP contribution in [-0.2, 0) is 0 Å². The largest absolute Gasteiger partial charge is 0.349 e. The summed E-state index contributed by atoms with van der Waals surface area (Å²) in [6.07, 6.45) is 3.34. The fourth-order valence-electron chi connectivity index (χ4n) is 1.84. The third-order valence-corrected chi connectivity index (χ3v) is 2.63. The SMILES string of the molecule is Fc1ccc(Nc2c[nH]cn2)c2ccccc12. The monoisotopic (exact) mass is 227 g/mol. The Morgan fingerprint density at radius 3 is 2.65 bits per heavy atom. The second-order valence-corrected chi connectivity index (χ2v) is 3.72. The molecule has 0 unspecified atom stereocenters. The van der Waals surface area contributed by atoms with Crippen LogP contribution in [0.3, 0.4) is 0 Å². The van der Waals surface area contributed by atoms with E-state index in [1.54, 1.807) is 24.7 Å². The topological polar surface area (TPSA) is 40.7 Å². The molecule has 3 aromatic rings. The van der Waals surface area contributed by atoms with Gasteiger partial charge in [-0.15, -0.1) is 0 Å². The van der Waals surface area contributed by atoms with Crippen molar-refractivity contribution < 1.29 is 4.39 Å². The van der Waals surface area contributed by atoms with Gasteiger partial charge in [-0.1, -0.05) is 24.3 Å². The molecule has 2 N–H and O–H groups in total. The molecule has 0 amide bonds. The molecular formula is C13H10FN3. The molecule has 0 spiro atoms. The molecule has 0 aliphatic heterocycles. The number of anilines is 2. The van der Waals surface area contributed by atoms with Crippen molar-refractivity contribution in [1.82, 2.24) is 9.97 Å². The lowest BCUT2D eigenvalue weighted by atomic mass is 10.1. The van der Waals surface area contributed by atoms with Gasteiger partial charge in [-0.05, 0) is 12.1 Å². The fourth-order valence-corrected chi connectivity index (χ4v) is 1.84. The maximum absolute atomic E-state index is 13.6. The van der Waals surface area contributed by atoms with Crippen LogP contribution in [0.4, 0.5) is 15.9 Å². The minimum absolute atomic E-state index is 0.215. The number of rotatable bonds is 2. The number of fused-ring (bicyclic) bond motifs is 1. The van der Waals surface area contributed by atoms with Crippen molar-refractivity contribution >= 4 is 22.3 Å². The van der Waals surface area contributed by atoms with E-state index in [1.165, 1.54) is 6.07 Å². The second-order valence-electron chi connectivity index (χ2n) is 3.72. The number of hydrogen-bond donors (Lipinski definition) is 2. The highest BCUT2D eigenvalue weighted by Crippen LogP contribution is 2.27. The van der Waals surface area contributed by atoms with E-state index in [1.807, 2.05) is 18.2 Å². The van der Waals surface area contributed by atoms with Crippen LogP contribution in [0.5, 0.6) is 0 Å². The average Bonchev–Trinajstić information content (AvgIpc) is 2.86. The van der Waals surface area contributed by atoms with Gasteiger partial charge >= 0.3 is 0 Å². The molecule has 3 rings (SSSR count). The number of nitrogens with zero attached hydrogens (tertiary/aromatic N) is 1. The molecule has 0 radical (unpaired) electrons. The van der Waals surface area contributed by atoms with Crippen molar-refractivity contribution in [2.75, 3.05) is 5.32 Å². The molecule has 4 heteroatoms. The summed E-state index contributed by atoms with van der Waals surface area (Å²) < 4.78 is 13.6. The zero-order valence-electron chi connectivity index (χ0n) is 8.94. The van der Waals surface area contributed by atoms with Gasteiger partial charge in [-0.3, -0.25) is 0 Å². The van der Waals surface area contributed by atoms with Crippen LogP contribution in [-0.4, -0.2) is 9.97 Å². The quantitative estimate of drug-likeness (QED) is 0.704. The minimum Gasteiger partial charge on any atom is -0.349 e. The lowest BCUT2D eigenvalue weighted by Gasteiger charge is -2.08. The predicted octanol–water partition coefficient (Wildman–Crippen LogP) is 3.45. The molecule has 0 saturated carbocycles. The molecule has 84 valence electrons. The first-order chi connectivity index (χ1) is 8.34. The maximum Gasteiger partial charge on any atom is 0.148 e. The molecular weight excluding hydrogens is 217 g/mol. The Kier molecular flexibility index (Phi) is 2.26. The minimum atomic E-state index is -0.215. The van der Waals surface area contributed by atoms with Crippen LogP contribution in [0, 0.1) is 5.82 Å². The Bertz CT molecular complexity index is 647. The maximum atomic E-state index is 13.6. The molecule has 17 heavy (non-hydrogen) atoms. The summed E-state index contributed by atoms with van der Waals surface area (Å²) in [4.78, 5) is 6.94. The van der Waals surface area contributed by atoms with Crippen molar-refractivity contribution in [2.45, 2.75) is 0 Å². The molecule has 0 atom stereocenters. The van der Waals surface area contributed by atoms with E-state index in [4.69, 9.17) is 0 Å². The van der Waals surface area contributed by atoms with Gasteiger partial charge in [-0.2, -0.15) is 0 Å². The molecule has 3 nitrogen and oxygen atoms in total. The molecule has 1 aromatic heterocycles. The van der Waals surface area contributed by atoms with Crippen LogP contribution in [0.1, 0.15) is 0 Å². The summed E-state index contributed by atoms with van der Waals surface area (Å²) in [5, 5.41) is 4.59. The standard InChI is InChI=1S/C13H10FN3/c14-11-5-6-12(17-13-7-15-8-16-13)10-4-2-1-3-9(10)11/h1-8,17H,(H,15,16). The van der Waals surface area contributed by atoms with Crippen molar-refractivity contribution in [2.24, 2.45) is 0 Å². The van der Waals surface area contributed by atoms with Crippen molar-refractivity contribution in [3.8, 4) is 0 Å². The number of aromatic amines is 1. The molecule has 0 aliphatic carbocycles. The normalized spacial score (nSPS) is 10.6. The van der Waals surface area contributed by atoms with Gasteiger partial charge < -0.3 is 10.3 Å². The molecule has 0 aliphatic rings. The average molecular weight is 227 g/mol. The summed E-state index contributed by atoms with van der Waals surface area (Å²) in [5.41, 5.74) is 0.842. The van der Waals surface area contributed by atoms with Crippen LogP contribution >= 0.6 is 0 Å². The van der Waals surface area contributed by atoms with E-state index in [-0.39, 0.29) is 5.82 Å². The molecule has 1 heterocycles. The first-order valence-electron chi connectivity index (χ1n) is 5.27. The van der Waals surface area contributed by atoms with E-state index in [9.17, 15) is 4.39 Å². The van der Waals surface area contributed by atoms with Crippen LogP contribution in [0.25, 0.3) is 10.8 Å². The number of aromatic nitrogens is 2. The second kappa shape index (κ2) is 3.90. The Labute approximate surface area is 97.3 Å². The van der Waals surface area contributed by atoms with E-state index in [0.717, 1.165) is 11.1 Å². The van der Waals surface area contributed by atoms with Crippen LogP contribution in [0.2, 0.25) is 0 Å².